The van der Waals surface area contributed by atoms with Crippen molar-refractivity contribution in [2.75, 3.05) is 7.11 Å². The molecule has 0 atom stereocenters. The van der Waals surface area contributed by atoms with Crippen molar-refractivity contribution in [1.29, 1.82) is 0 Å². The van der Waals surface area contributed by atoms with E-state index in [1.807, 2.05) is 0 Å². The molecule has 74 heavy (non-hydrogen) atoms. The first kappa shape index (κ1) is 44.1. The Bertz CT molecular complexity index is 4030. The first-order valence-corrected chi connectivity index (χ1v) is 25.3. The number of hydrogen-bond acceptors (Lipinski definition) is 2. The fraction of sp³-hybridized carbons (Fsp3) is 0.101. The lowest BCUT2D eigenvalue weighted by atomic mass is 9.70. The SMILES string of the molecule is COc1ccc(C2=CCc3ccc4c(-c5ccc(Oc6ccc(-c7ccc8c(c7)C7(c9ccccc9-c9ccccc97)c7cc(-c9ccc(C)cc9)ccc7-8)cc6)c(C)c5)ccc5c4c3C2=CC5)cc1C(F)(F)F. The standard InChI is InChI=1S/C69H47F3O2/c1-40-12-14-42(15-13-40)46-22-30-55-56-31-23-47(38-62(56)68(61(55)37-46)59-10-6-4-8-53(59)54-9-5-7-11-60(54)68)43-16-26-50(27-17-43)74-64-34-24-48(36-41(64)2)51-28-18-44-21-33-58-52(29-19-45-20-32-57(51)66(44)67(45)58)49-25-35-65(73-3)63(39-49)69(70,71)72/h4-18,20,22-39H,19,21H2,1-3H3. The Balaban J connectivity index is 0.773. The van der Waals surface area contributed by atoms with Gasteiger partial charge in [-0.1, -0.05) is 163 Å². The van der Waals surface area contributed by atoms with Crippen LogP contribution in [0.25, 0.3) is 77.6 Å². The van der Waals surface area contributed by atoms with Crippen LogP contribution in [0.5, 0.6) is 17.2 Å². The van der Waals surface area contributed by atoms with Crippen LogP contribution in [-0.2, 0) is 24.4 Å². The highest BCUT2D eigenvalue weighted by atomic mass is 19.4. The Morgan fingerprint density at radius 1 is 0.446 bits per heavy atom. The Kier molecular flexibility index (Phi) is 9.78. The third-order valence-electron chi connectivity index (χ3n) is 16.2. The summed E-state index contributed by atoms with van der Waals surface area (Å²) in [7, 11) is 1.27. The maximum atomic E-state index is 14.2. The second kappa shape index (κ2) is 16.4. The Morgan fingerprint density at radius 2 is 0.986 bits per heavy atom. The molecule has 0 aromatic heterocycles. The van der Waals surface area contributed by atoms with Crippen LogP contribution in [0.4, 0.5) is 13.2 Å². The molecule has 0 heterocycles. The Labute approximate surface area is 428 Å². The van der Waals surface area contributed by atoms with Crippen LogP contribution < -0.4 is 9.47 Å². The molecule has 10 aromatic rings. The zero-order chi connectivity index (χ0) is 50.0. The molecule has 14 rings (SSSR count). The Hall–Kier alpha value is -8.67. The smallest absolute Gasteiger partial charge is 0.419 e. The minimum atomic E-state index is -4.54. The summed E-state index contributed by atoms with van der Waals surface area (Å²) in [5.74, 6) is 1.35. The van der Waals surface area contributed by atoms with E-state index in [1.54, 1.807) is 6.07 Å². The number of fused-ring (bicyclic) bond motifs is 10. The third kappa shape index (κ3) is 6.58. The molecule has 0 N–H and O–H groups in total. The van der Waals surface area contributed by atoms with Gasteiger partial charge in [0, 0.05) is 0 Å². The van der Waals surface area contributed by atoms with Crippen molar-refractivity contribution in [2.24, 2.45) is 0 Å². The second-order valence-corrected chi connectivity index (χ2v) is 20.2. The highest BCUT2D eigenvalue weighted by Crippen LogP contribution is 2.63. The summed E-state index contributed by atoms with van der Waals surface area (Å²) < 4.78 is 54.2. The van der Waals surface area contributed by atoms with Gasteiger partial charge in [-0.3, -0.25) is 0 Å². The molecule has 0 fully saturated rings. The van der Waals surface area contributed by atoms with E-state index in [0.29, 0.717) is 18.4 Å². The molecule has 0 radical (unpaired) electrons. The molecular weight excluding hydrogens is 918 g/mol. The third-order valence-corrected chi connectivity index (χ3v) is 16.2. The molecular formula is C69H47F3O2. The van der Waals surface area contributed by atoms with E-state index in [4.69, 9.17) is 9.47 Å². The van der Waals surface area contributed by atoms with Gasteiger partial charge in [-0.15, -0.1) is 0 Å². The molecule has 0 bridgehead atoms. The van der Waals surface area contributed by atoms with Gasteiger partial charge >= 0.3 is 6.18 Å². The second-order valence-electron chi connectivity index (χ2n) is 20.2. The molecule has 2 nitrogen and oxygen atoms in total. The van der Waals surface area contributed by atoms with Crippen LogP contribution in [0.15, 0.2) is 206 Å². The lowest BCUT2D eigenvalue weighted by Crippen LogP contribution is -2.26. The van der Waals surface area contributed by atoms with E-state index in [0.717, 1.165) is 61.4 Å². The van der Waals surface area contributed by atoms with Crippen LogP contribution in [0.1, 0.15) is 61.2 Å². The fourth-order valence-corrected chi connectivity index (χ4v) is 12.7. The number of hydrogen-bond donors (Lipinski definition) is 0. The molecule has 0 saturated heterocycles. The van der Waals surface area contributed by atoms with E-state index in [1.165, 1.54) is 97.0 Å². The summed E-state index contributed by atoms with van der Waals surface area (Å²) in [6.45, 7) is 4.22. The minimum Gasteiger partial charge on any atom is -0.496 e. The van der Waals surface area contributed by atoms with E-state index >= 15 is 0 Å². The summed E-state index contributed by atoms with van der Waals surface area (Å²) in [6, 6.07) is 68.8. The van der Waals surface area contributed by atoms with Crippen molar-refractivity contribution >= 4 is 21.9 Å². The number of halogens is 3. The monoisotopic (exact) mass is 964 g/mol. The Morgan fingerprint density at radius 3 is 1.64 bits per heavy atom. The quantitative estimate of drug-likeness (QED) is 0.158. The van der Waals surface area contributed by atoms with Gasteiger partial charge in [0.2, 0.25) is 0 Å². The molecule has 356 valence electrons. The van der Waals surface area contributed by atoms with Crippen molar-refractivity contribution < 1.29 is 22.6 Å². The van der Waals surface area contributed by atoms with Crippen molar-refractivity contribution in [3.8, 4) is 72.9 Å². The normalized spacial score (nSPS) is 14.2. The van der Waals surface area contributed by atoms with Crippen LogP contribution >= 0.6 is 0 Å². The number of methoxy groups -OCH3 is 1. The minimum absolute atomic E-state index is 0.181. The largest absolute Gasteiger partial charge is 0.496 e. The van der Waals surface area contributed by atoms with Crippen LogP contribution in [0.3, 0.4) is 0 Å². The van der Waals surface area contributed by atoms with Crippen molar-refractivity contribution in [1.82, 2.24) is 0 Å². The van der Waals surface area contributed by atoms with Gasteiger partial charge in [0.1, 0.15) is 17.2 Å². The zero-order valence-electron chi connectivity index (χ0n) is 41.0. The topological polar surface area (TPSA) is 18.5 Å². The number of aryl methyl sites for hydroxylation is 2. The van der Waals surface area contributed by atoms with E-state index < -0.39 is 17.2 Å². The van der Waals surface area contributed by atoms with E-state index in [9.17, 15) is 13.2 Å². The first-order valence-electron chi connectivity index (χ1n) is 25.3. The summed E-state index contributed by atoms with van der Waals surface area (Å²) >= 11 is 0. The molecule has 0 amide bonds. The van der Waals surface area contributed by atoms with Gasteiger partial charge in [0.05, 0.1) is 18.1 Å². The van der Waals surface area contributed by atoms with E-state index in [-0.39, 0.29) is 5.75 Å². The zero-order valence-corrected chi connectivity index (χ0v) is 41.0. The number of rotatable bonds is 7. The number of benzene rings is 10. The van der Waals surface area contributed by atoms with Gasteiger partial charge < -0.3 is 9.47 Å². The van der Waals surface area contributed by atoms with Crippen molar-refractivity contribution in [3.05, 3.63) is 267 Å². The number of ether oxygens (including phenoxy) is 2. The highest BCUT2D eigenvalue weighted by molar-refractivity contribution is 6.17. The van der Waals surface area contributed by atoms with Gasteiger partial charge in [0.25, 0.3) is 0 Å². The van der Waals surface area contributed by atoms with Gasteiger partial charge in [0.15, 0.2) is 0 Å². The highest BCUT2D eigenvalue weighted by Gasteiger charge is 2.52. The number of alkyl halides is 3. The summed E-state index contributed by atoms with van der Waals surface area (Å²) in [4.78, 5) is 0. The lowest BCUT2D eigenvalue weighted by molar-refractivity contribution is -0.138. The van der Waals surface area contributed by atoms with Crippen LogP contribution in [0, 0.1) is 13.8 Å². The summed E-state index contributed by atoms with van der Waals surface area (Å²) in [5.41, 5.74) is 24.0. The average molecular weight is 965 g/mol. The lowest BCUT2D eigenvalue weighted by Gasteiger charge is -2.31. The summed E-state index contributed by atoms with van der Waals surface area (Å²) in [6.07, 6.45) is 1.01. The van der Waals surface area contributed by atoms with Gasteiger partial charge in [-0.25, -0.2) is 0 Å². The molecule has 0 saturated carbocycles. The summed E-state index contributed by atoms with van der Waals surface area (Å²) in [5, 5.41) is 2.29. The van der Waals surface area contributed by atoms with Crippen molar-refractivity contribution in [3.63, 3.8) is 0 Å². The van der Waals surface area contributed by atoms with Crippen molar-refractivity contribution in [2.45, 2.75) is 38.3 Å². The molecule has 0 unspecified atom stereocenters. The molecule has 1 spiro atoms. The molecule has 4 aliphatic carbocycles. The van der Waals surface area contributed by atoms with Crippen LogP contribution in [0.2, 0.25) is 0 Å². The molecule has 0 aliphatic heterocycles. The predicted molar refractivity (Wildman–Crippen MR) is 294 cm³/mol. The molecule has 5 heteroatoms. The molecule has 4 aliphatic rings. The van der Waals surface area contributed by atoms with Crippen LogP contribution in [-0.4, -0.2) is 7.11 Å². The fourth-order valence-electron chi connectivity index (χ4n) is 12.7. The van der Waals surface area contributed by atoms with Gasteiger partial charge in [-0.2, -0.15) is 13.2 Å². The first-order chi connectivity index (χ1) is 36.1. The number of allylic oxidation sites excluding steroid dienone is 4. The maximum Gasteiger partial charge on any atom is 0.419 e. The van der Waals surface area contributed by atoms with E-state index in [2.05, 4.69) is 202 Å². The molecule has 10 aromatic carbocycles. The van der Waals surface area contributed by atoms with Gasteiger partial charge in [-0.05, 0) is 203 Å². The average Bonchev–Trinajstić information content (AvgIpc) is 3.89. The predicted octanol–water partition coefficient (Wildman–Crippen LogP) is 18.2. The maximum absolute atomic E-state index is 14.2.